The van der Waals surface area contributed by atoms with Crippen LogP contribution in [0.5, 0.6) is 0 Å². The largest absolute Gasteiger partial charge is 0.264 e. The molecule has 21 heavy (non-hydrogen) atoms. The minimum atomic E-state index is -0.260. The van der Waals surface area contributed by atoms with E-state index in [1.165, 1.54) is 0 Å². The molecule has 3 heteroatoms. The molecular formula is C18H15NO2. The van der Waals surface area contributed by atoms with Gasteiger partial charge in [-0.1, -0.05) is 60.7 Å². The molecule has 3 aromatic carbocycles. The molecule has 0 spiro atoms. The monoisotopic (exact) mass is 277 g/mol. The maximum Gasteiger partial charge on any atom is 0.229 e. The fourth-order valence-corrected chi connectivity index (χ4v) is 2.80. The van der Waals surface area contributed by atoms with Crippen molar-refractivity contribution in [2.45, 2.75) is 13.5 Å². The molecule has 0 aromatic heterocycles. The Hall–Kier alpha value is -2.68. The van der Waals surface area contributed by atoms with Crippen molar-refractivity contribution in [3.63, 3.8) is 0 Å². The number of nitro groups is 1. The maximum atomic E-state index is 11.0. The van der Waals surface area contributed by atoms with Crippen molar-refractivity contribution < 1.29 is 4.92 Å². The van der Waals surface area contributed by atoms with Gasteiger partial charge in [0.15, 0.2) is 0 Å². The molecule has 0 N–H and O–H groups in total. The fourth-order valence-electron chi connectivity index (χ4n) is 2.80. The van der Waals surface area contributed by atoms with Gasteiger partial charge in [0, 0.05) is 10.5 Å². The molecule has 0 heterocycles. The minimum absolute atomic E-state index is 0.152. The zero-order valence-corrected chi connectivity index (χ0v) is 11.7. The van der Waals surface area contributed by atoms with Crippen LogP contribution in [-0.4, -0.2) is 4.92 Å². The first-order valence-electron chi connectivity index (χ1n) is 6.85. The highest BCUT2D eigenvalue weighted by Crippen LogP contribution is 2.34. The van der Waals surface area contributed by atoms with Crippen molar-refractivity contribution in [2.75, 3.05) is 0 Å². The average Bonchev–Trinajstić information content (AvgIpc) is 2.48. The molecule has 0 saturated carbocycles. The molecule has 3 aromatic rings. The SMILES string of the molecule is Cc1cc2ccccc2c(-c2ccccc2)c1C[N+](=O)[O-]. The summed E-state index contributed by atoms with van der Waals surface area (Å²) in [6, 6.07) is 19.9. The molecule has 3 nitrogen and oxygen atoms in total. The van der Waals surface area contributed by atoms with Crippen molar-refractivity contribution in [3.05, 3.63) is 81.9 Å². The van der Waals surface area contributed by atoms with E-state index in [1.807, 2.05) is 67.6 Å². The van der Waals surface area contributed by atoms with Crippen LogP contribution >= 0.6 is 0 Å². The lowest BCUT2D eigenvalue weighted by molar-refractivity contribution is -0.496. The molecule has 0 amide bonds. The molecule has 0 saturated heterocycles. The van der Waals surface area contributed by atoms with E-state index in [1.54, 1.807) is 0 Å². The van der Waals surface area contributed by atoms with Gasteiger partial charge in [-0.2, -0.15) is 0 Å². The number of nitrogens with zero attached hydrogens (tertiary/aromatic N) is 1. The molecular weight excluding hydrogens is 262 g/mol. The van der Waals surface area contributed by atoms with Crippen LogP contribution in [0.2, 0.25) is 0 Å². The number of aryl methyl sites for hydroxylation is 1. The third kappa shape index (κ3) is 2.50. The predicted molar refractivity (Wildman–Crippen MR) is 84.8 cm³/mol. The number of hydrogen-bond donors (Lipinski definition) is 0. The quantitative estimate of drug-likeness (QED) is 0.519. The van der Waals surface area contributed by atoms with Gasteiger partial charge in [-0.3, -0.25) is 10.1 Å². The maximum absolute atomic E-state index is 11.0. The van der Waals surface area contributed by atoms with Gasteiger partial charge in [0.1, 0.15) is 0 Å². The normalized spacial score (nSPS) is 10.7. The molecule has 104 valence electrons. The molecule has 0 aliphatic carbocycles. The number of hydrogen-bond acceptors (Lipinski definition) is 2. The Balaban J connectivity index is 2.39. The summed E-state index contributed by atoms with van der Waals surface area (Å²) in [5.41, 5.74) is 3.76. The lowest BCUT2D eigenvalue weighted by Crippen LogP contribution is -2.03. The Bertz CT molecular complexity index is 810. The van der Waals surface area contributed by atoms with Crippen LogP contribution in [0, 0.1) is 17.0 Å². The van der Waals surface area contributed by atoms with Crippen LogP contribution in [0.25, 0.3) is 21.9 Å². The van der Waals surface area contributed by atoms with E-state index in [0.29, 0.717) is 0 Å². The van der Waals surface area contributed by atoms with E-state index in [9.17, 15) is 10.1 Å². The third-order valence-electron chi connectivity index (χ3n) is 3.73. The lowest BCUT2D eigenvalue weighted by atomic mass is 9.90. The van der Waals surface area contributed by atoms with Crippen LogP contribution in [0.1, 0.15) is 11.1 Å². The minimum Gasteiger partial charge on any atom is -0.264 e. The Morgan fingerprint density at radius 1 is 1.00 bits per heavy atom. The lowest BCUT2D eigenvalue weighted by Gasteiger charge is -2.14. The molecule has 0 unspecified atom stereocenters. The number of benzene rings is 3. The van der Waals surface area contributed by atoms with Gasteiger partial charge in [0.05, 0.1) is 0 Å². The Kier molecular flexibility index (Phi) is 3.40. The summed E-state index contributed by atoms with van der Waals surface area (Å²) >= 11 is 0. The van der Waals surface area contributed by atoms with Gasteiger partial charge >= 0.3 is 0 Å². The second-order valence-electron chi connectivity index (χ2n) is 5.13. The summed E-state index contributed by atoms with van der Waals surface area (Å²) < 4.78 is 0. The Morgan fingerprint density at radius 3 is 2.38 bits per heavy atom. The molecule has 0 aliphatic heterocycles. The molecule has 0 aliphatic rings. The molecule has 0 atom stereocenters. The van der Waals surface area contributed by atoms with E-state index in [4.69, 9.17) is 0 Å². The summed E-state index contributed by atoms with van der Waals surface area (Å²) in [5.74, 6) is 0. The van der Waals surface area contributed by atoms with E-state index in [0.717, 1.165) is 33.0 Å². The molecule has 3 rings (SSSR count). The van der Waals surface area contributed by atoms with Crippen molar-refractivity contribution in [2.24, 2.45) is 0 Å². The van der Waals surface area contributed by atoms with E-state index in [2.05, 4.69) is 0 Å². The van der Waals surface area contributed by atoms with Crippen molar-refractivity contribution in [1.29, 1.82) is 0 Å². The third-order valence-corrected chi connectivity index (χ3v) is 3.73. The predicted octanol–water partition coefficient (Wildman–Crippen LogP) is 4.59. The van der Waals surface area contributed by atoms with E-state index in [-0.39, 0.29) is 11.5 Å². The van der Waals surface area contributed by atoms with Crippen LogP contribution in [0.3, 0.4) is 0 Å². The van der Waals surface area contributed by atoms with Crippen molar-refractivity contribution >= 4 is 10.8 Å². The van der Waals surface area contributed by atoms with E-state index >= 15 is 0 Å². The molecule has 0 radical (unpaired) electrons. The first-order valence-corrected chi connectivity index (χ1v) is 6.85. The molecule has 0 fully saturated rings. The Labute approximate surface area is 123 Å². The van der Waals surface area contributed by atoms with Crippen LogP contribution in [0.15, 0.2) is 60.7 Å². The zero-order valence-electron chi connectivity index (χ0n) is 11.7. The average molecular weight is 277 g/mol. The fraction of sp³-hybridized carbons (Fsp3) is 0.111. The van der Waals surface area contributed by atoms with Crippen LogP contribution < -0.4 is 0 Å². The highest BCUT2D eigenvalue weighted by Gasteiger charge is 2.16. The number of rotatable bonds is 3. The van der Waals surface area contributed by atoms with Gasteiger partial charge < -0.3 is 0 Å². The van der Waals surface area contributed by atoms with E-state index < -0.39 is 0 Å². The highest BCUT2D eigenvalue weighted by atomic mass is 16.6. The standard InChI is InChI=1S/C18H15NO2/c1-13-11-15-9-5-6-10-16(15)18(17(13)12-19(20)21)14-7-3-2-4-8-14/h2-11H,12H2,1H3. The zero-order chi connectivity index (χ0) is 14.8. The summed E-state index contributed by atoms with van der Waals surface area (Å²) in [7, 11) is 0. The van der Waals surface area contributed by atoms with Crippen LogP contribution in [-0.2, 0) is 6.54 Å². The second-order valence-corrected chi connectivity index (χ2v) is 5.13. The van der Waals surface area contributed by atoms with Crippen LogP contribution in [0.4, 0.5) is 0 Å². The van der Waals surface area contributed by atoms with Gasteiger partial charge in [-0.05, 0) is 34.4 Å². The first-order chi connectivity index (χ1) is 10.2. The first kappa shape index (κ1) is 13.3. The van der Waals surface area contributed by atoms with Crippen molar-refractivity contribution in [1.82, 2.24) is 0 Å². The van der Waals surface area contributed by atoms with Gasteiger partial charge in [0.2, 0.25) is 6.54 Å². The smallest absolute Gasteiger partial charge is 0.229 e. The summed E-state index contributed by atoms with van der Waals surface area (Å²) in [6.07, 6.45) is 0. The Morgan fingerprint density at radius 2 is 1.67 bits per heavy atom. The summed E-state index contributed by atoms with van der Waals surface area (Å²) in [5, 5.41) is 13.2. The topological polar surface area (TPSA) is 43.1 Å². The van der Waals surface area contributed by atoms with Gasteiger partial charge in [-0.15, -0.1) is 0 Å². The van der Waals surface area contributed by atoms with Gasteiger partial charge in [0.25, 0.3) is 0 Å². The second kappa shape index (κ2) is 5.37. The molecule has 0 bridgehead atoms. The summed E-state index contributed by atoms with van der Waals surface area (Å²) in [4.78, 5) is 10.8. The van der Waals surface area contributed by atoms with Gasteiger partial charge in [-0.25, -0.2) is 0 Å². The summed E-state index contributed by atoms with van der Waals surface area (Å²) in [6.45, 7) is 1.79. The van der Waals surface area contributed by atoms with Crippen molar-refractivity contribution in [3.8, 4) is 11.1 Å². The number of fused-ring (bicyclic) bond motifs is 1. The highest BCUT2D eigenvalue weighted by molar-refractivity contribution is 5.99.